The number of rotatable bonds is 5. The minimum absolute atomic E-state index is 0.0705. The number of carbonyl (C=O) groups excluding carboxylic acids is 1. The van der Waals surface area contributed by atoms with Gasteiger partial charge in [0.1, 0.15) is 11.5 Å². The van der Waals surface area contributed by atoms with E-state index < -0.39 is 35.0 Å². The topological polar surface area (TPSA) is 105 Å². The van der Waals surface area contributed by atoms with Crippen LogP contribution in [0.5, 0.6) is 0 Å². The van der Waals surface area contributed by atoms with Crippen molar-refractivity contribution < 1.29 is 26.6 Å². The Morgan fingerprint density at radius 1 is 1.16 bits per heavy atom. The summed E-state index contributed by atoms with van der Waals surface area (Å²) in [6.45, 7) is -0.0943. The molecular formula is C19H13F3N6O3S. The van der Waals surface area contributed by atoms with Crippen LogP contribution in [0.25, 0.3) is 11.6 Å². The van der Waals surface area contributed by atoms with E-state index in [0.29, 0.717) is 5.69 Å². The fraction of sp³-hybridized carbons (Fsp3) is 0.105. The molecule has 164 valence electrons. The van der Waals surface area contributed by atoms with E-state index in [9.17, 15) is 22.2 Å². The quantitative estimate of drug-likeness (QED) is 0.569. The highest BCUT2D eigenvalue weighted by molar-refractivity contribution is 7.90. The highest BCUT2D eigenvalue weighted by atomic mass is 32.2. The Labute approximate surface area is 181 Å². The van der Waals surface area contributed by atoms with Crippen LogP contribution in [0.15, 0.2) is 64.3 Å². The molecule has 4 rings (SSSR count). The molecule has 0 fully saturated rings. The molecule has 0 atom stereocenters. The van der Waals surface area contributed by atoms with Gasteiger partial charge in [-0.15, -0.1) is 10.2 Å². The van der Waals surface area contributed by atoms with Crippen LogP contribution in [0.4, 0.5) is 23.7 Å². The number of benzene rings is 1. The molecule has 2 aromatic heterocycles. The Morgan fingerprint density at radius 3 is 2.56 bits per heavy atom. The van der Waals surface area contributed by atoms with Gasteiger partial charge in [0, 0.05) is 28.9 Å². The van der Waals surface area contributed by atoms with Crippen LogP contribution in [-0.4, -0.2) is 35.3 Å². The lowest BCUT2D eigenvalue weighted by Crippen LogP contribution is -2.38. The second kappa shape index (κ2) is 9.09. The number of hydrogen-bond donors (Lipinski definition) is 0. The van der Waals surface area contributed by atoms with Crippen molar-refractivity contribution in [3.63, 3.8) is 0 Å². The van der Waals surface area contributed by atoms with E-state index in [1.54, 1.807) is 6.07 Å². The van der Waals surface area contributed by atoms with Crippen molar-refractivity contribution in [3.8, 4) is 11.6 Å². The predicted molar refractivity (Wildman–Crippen MR) is 107 cm³/mol. The summed E-state index contributed by atoms with van der Waals surface area (Å²) in [5, 5.41) is 9.38. The first-order valence-corrected chi connectivity index (χ1v) is 10.2. The maximum atomic E-state index is 13.8. The van der Waals surface area contributed by atoms with Crippen molar-refractivity contribution in [1.29, 1.82) is 0 Å². The molecule has 2 amide bonds. The van der Waals surface area contributed by atoms with Crippen LogP contribution >= 0.6 is 0 Å². The molecule has 1 aliphatic rings. The summed E-state index contributed by atoms with van der Waals surface area (Å²) < 4.78 is 55.3. The fourth-order valence-electron chi connectivity index (χ4n) is 2.66. The van der Waals surface area contributed by atoms with E-state index in [1.165, 1.54) is 63.6 Å². The van der Waals surface area contributed by atoms with Crippen molar-refractivity contribution >= 4 is 22.5 Å². The van der Waals surface area contributed by atoms with Crippen molar-refractivity contribution in [2.75, 3.05) is 4.90 Å². The number of anilines is 1. The molecule has 0 saturated heterocycles. The van der Waals surface area contributed by atoms with Crippen molar-refractivity contribution in [2.24, 2.45) is 0 Å². The molecule has 13 heteroatoms. The minimum atomic E-state index is -2.91. The van der Waals surface area contributed by atoms with Gasteiger partial charge in [-0.05, 0) is 18.2 Å². The monoisotopic (exact) mass is 462 g/mol. The number of amides is 2. The summed E-state index contributed by atoms with van der Waals surface area (Å²) in [6, 6.07) is 4.86. The average molecular weight is 462 g/mol. The molecule has 0 N–H and O–H groups in total. The van der Waals surface area contributed by atoms with Crippen LogP contribution in [0.2, 0.25) is 0 Å². The summed E-state index contributed by atoms with van der Waals surface area (Å²) in [6.07, 6.45) is 2.31. The normalized spacial score (nSPS) is 13.7. The average Bonchev–Trinajstić information content (AvgIpc) is 3.29. The van der Waals surface area contributed by atoms with Crippen LogP contribution in [0.3, 0.4) is 0 Å². The largest absolute Gasteiger partial charge is 0.414 e. The Morgan fingerprint density at radius 2 is 1.94 bits per heavy atom. The van der Waals surface area contributed by atoms with Gasteiger partial charge in [-0.2, -0.15) is 8.78 Å². The van der Waals surface area contributed by atoms with Gasteiger partial charge in [0.05, 0.1) is 35.4 Å². The molecule has 3 aromatic rings. The number of nitrogens with zero attached hydrogens (tertiary/aromatic N) is 6. The lowest BCUT2D eigenvalue weighted by molar-refractivity contribution is 0.116. The molecule has 0 unspecified atom stereocenters. The third-order valence-corrected chi connectivity index (χ3v) is 4.93. The Hall–Kier alpha value is -3.87. The first-order valence-electron chi connectivity index (χ1n) is 8.95. The van der Waals surface area contributed by atoms with Gasteiger partial charge in [-0.25, -0.2) is 14.2 Å². The number of aromatic nitrogens is 4. The van der Waals surface area contributed by atoms with Gasteiger partial charge in [0.2, 0.25) is 0 Å². The van der Waals surface area contributed by atoms with Crippen molar-refractivity contribution in [3.05, 3.63) is 77.3 Å². The summed E-state index contributed by atoms with van der Waals surface area (Å²) in [4.78, 5) is 23.7. The highest BCUT2D eigenvalue weighted by Crippen LogP contribution is 2.23. The Bertz CT molecular complexity index is 1200. The minimum Gasteiger partial charge on any atom is -0.414 e. The Balaban J connectivity index is 1.59. The summed E-state index contributed by atoms with van der Waals surface area (Å²) in [5.41, 5.74) is 0.641. The zero-order chi connectivity index (χ0) is 22.7. The number of alkyl halides is 2. The fourth-order valence-corrected chi connectivity index (χ4v) is 3.25. The highest BCUT2D eigenvalue weighted by Gasteiger charge is 2.23. The summed E-state index contributed by atoms with van der Waals surface area (Å²) in [5.74, 6) is -1.61. The Kier molecular flexibility index (Phi) is 6.07. The van der Waals surface area contributed by atoms with Crippen LogP contribution in [0.1, 0.15) is 18.0 Å². The van der Waals surface area contributed by atoms with Gasteiger partial charge in [-0.1, -0.05) is 6.07 Å². The molecule has 0 radical (unpaired) electrons. The maximum absolute atomic E-state index is 13.8. The van der Waals surface area contributed by atoms with E-state index in [0.717, 1.165) is 0 Å². The SMILES string of the molecule is O=C(N1C=CS(=O)C=C1)N(Cc1cnc(-c2nnc(C(F)F)o2)cn1)c1cccc(F)c1. The number of carbonyl (C=O) groups is 1. The van der Waals surface area contributed by atoms with E-state index in [1.807, 2.05) is 0 Å². The van der Waals surface area contributed by atoms with Crippen molar-refractivity contribution in [2.45, 2.75) is 13.0 Å². The molecule has 3 heterocycles. The van der Waals surface area contributed by atoms with Gasteiger partial charge >= 0.3 is 12.5 Å². The lowest BCUT2D eigenvalue weighted by atomic mass is 10.2. The predicted octanol–water partition coefficient (Wildman–Crippen LogP) is 3.74. The second-order valence-electron chi connectivity index (χ2n) is 6.29. The third kappa shape index (κ3) is 4.72. The molecule has 1 aliphatic heterocycles. The molecule has 1 aromatic carbocycles. The van der Waals surface area contributed by atoms with Gasteiger partial charge < -0.3 is 4.42 Å². The zero-order valence-corrected chi connectivity index (χ0v) is 16.8. The summed E-state index contributed by atoms with van der Waals surface area (Å²) >= 11 is 0. The van der Waals surface area contributed by atoms with Crippen LogP contribution < -0.4 is 4.90 Å². The summed E-state index contributed by atoms with van der Waals surface area (Å²) in [7, 11) is -1.32. The van der Waals surface area contributed by atoms with Crippen LogP contribution in [0, 0.1) is 5.82 Å². The smallest absolute Gasteiger partial charge is 0.332 e. The van der Waals surface area contributed by atoms with Gasteiger partial charge in [0.15, 0.2) is 0 Å². The molecule has 0 aliphatic carbocycles. The molecule has 9 nitrogen and oxygen atoms in total. The van der Waals surface area contributed by atoms with Crippen molar-refractivity contribution in [1.82, 2.24) is 25.1 Å². The van der Waals surface area contributed by atoms with E-state index >= 15 is 0 Å². The van der Waals surface area contributed by atoms with Crippen LogP contribution in [-0.2, 0) is 17.3 Å². The molecule has 0 saturated carbocycles. The lowest BCUT2D eigenvalue weighted by Gasteiger charge is -2.27. The van der Waals surface area contributed by atoms with Gasteiger partial charge in [0.25, 0.3) is 11.8 Å². The standard InChI is InChI=1S/C19H13F3N6O3S/c20-12-2-1-3-14(8-12)28(19(29)27-4-6-32(30)7-5-27)11-13-9-24-15(10-23-13)17-25-26-18(31-17)16(21)22/h1-10,16H,11H2. The third-order valence-electron chi connectivity index (χ3n) is 4.15. The first kappa shape index (κ1) is 21.4. The van der Waals surface area contributed by atoms with E-state index in [4.69, 9.17) is 4.42 Å². The maximum Gasteiger partial charge on any atom is 0.332 e. The number of urea groups is 1. The number of halogens is 3. The first-order chi connectivity index (χ1) is 15.4. The molecular weight excluding hydrogens is 449 g/mol. The molecule has 0 bridgehead atoms. The zero-order valence-electron chi connectivity index (χ0n) is 16.0. The second-order valence-corrected chi connectivity index (χ2v) is 7.50. The van der Waals surface area contributed by atoms with E-state index in [-0.39, 0.29) is 23.8 Å². The molecule has 32 heavy (non-hydrogen) atoms. The molecule has 0 spiro atoms. The number of hydrogen-bond acceptors (Lipinski definition) is 7. The van der Waals surface area contributed by atoms with E-state index in [2.05, 4.69) is 20.2 Å². The van der Waals surface area contributed by atoms with Gasteiger partial charge in [-0.3, -0.25) is 19.0 Å².